The molecule has 4 nitrogen and oxygen atoms in total. The Labute approximate surface area is 188 Å². The number of thioether (sulfide) groups is 1. The van der Waals surface area contributed by atoms with Gasteiger partial charge in [-0.05, 0) is 35.4 Å². The summed E-state index contributed by atoms with van der Waals surface area (Å²) in [5.41, 5.74) is 3.89. The molecule has 0 radical (unpaired) electrons. The van der Waals surface area contributed by atoms with Gasteiger partial charge in [0.05, 0.1) is 17.2 Å². The van der Waals surface area contributed by atoms with Crippen LogP contribution in [-0.4, -0.2) is 41.9 Å². The lowest BCUT2D eigenvalue weighted by Gasteiger charge is -2.35. The predicted octanol–water partition coefficient (Wildman–Crippen LogP) is 4.81. The van der Waals surface area contributed by atoms with Gasteiger partial charge in [-0.2, -0.15) is 5.26 Å². The van der Waals surface area contributed by atoms with Gasteiger partial charge in [-0.1, -0.05) is 54.6 Å². The van der Waals surface area contributed by atoms with Crippen LogP contribution in [-0.2, 0) is 12.3 Å². The van der Waals surface area contributed by atoms with Crippen LogP contribution in [0.2, 0.25) is 0 Å². The summed E-state index contributed by atoms with van der Waals surface area (Å²) >= 11 is 1.67. The summed E-state index contributed by atoms with van der Waals surface area (Å²) < 4.78 is 0. The maximum absolute atomic E-state index is 13.2. The lowest BCUT2D eigenvalue weighted by Crippen LogP contribution is -2.48. The summed E-state index contributed by atoms with van der Waals surface area (Å²) in [4.78, 5) is 18.6. The quantitative estimate of drug-likeness (QED) is 0.530. The highest BCUT2D eigenvalue weighted by Crippen LogP contribution is 2.27. The van der Waals surface area contributed by atoms with Gasteiger partial charge in [-0.15, -0.1) is 11.8 Å². The van der Waals surface area contributed by atoms with E-state index in [1.54, 1.807) is 11.8 Å². The van der Waals surface area contributed by atoms with Crippen molar-refractivity contribution in [3.63, 3.8) is 0 Å². The largest absolute Gasteiger partial charge is 0.336 e. The van der Waals surface area contributed by atoms with Crippen LogP contribution in [0.4, 0.5) is 0 Å². The topological polar surface area (TPSA) is 47.3 Å². The standard InChI is InChI=1S/C26H25N3OS/c27-18-21-10-12-23(13-11-21)20-31-25-9-5-4-8-24(25)26(30)29-16-14-28(15-17-29)19-22-6-2-1-3-7-22/h1-13H,14-17,19-20H2. The number of benzene rings is 3. The first-order valence-electron chi connectivity index (χ1n) is 10.5. The van der Waals surface area contributed by atoms with Crippen LogP contribution in [0, 0.1) is 11.3 Å². The molecule has 31 heavy (non-hydrogen) atoms. The molecule has 0 aromatic heterocycles. The first-order valence-corrected chi connectivity index (χ1v) is 11.5. The van der Waals surface area contributed by atoms with Gasteiger partial charge >= 0.3 is 0 Å². The Morgan fingerprint density at radius 2 is 1.52 bits per heavy atom. The lowest BCUT2D eigenvalue weighted by atomic mass is 10.1. The van der Waals surface area contributed by atoms with Gasteiger partial charge in [0.2, 0.25) is 0 Å². The second-order valence-corrected chi connectivity index (χ2v) is 8.66. The zero-order valence-electron chi connectivity index (χ0n) is 17.4. The fourth-order valence-electron chi connectivity index (χ4n) is 3.73. The van der Waals surface area contributed by atoms with Crippen molar-refractivity contribution in [1.29, 1.82) is 5.26 Å². The summed E-state index contributed by atoms with van der Waals surface area (Å²) in [6.07, 6.45) is 0. The highest BCUT2D eigenvalue weighted by Gasteiger charge is 2.23. The molecule has 0 bridgehead atoms. The molecule has 5 heteroatoms. The van der Waals surface area contributed by atoms with Gasteiger partial charge in [0.15, 0.2) is 0 Å². The average molecular weight is 428 g/mol. The van der Waals surface area contributed by atoms with Gasteiger partial charge in [0.25, 0.3) is 5.91 Å². The first kappa shape index (κ1) is 21.2. The highest BCUT2D eigenvalue weighted by molar-refractivity contribution is 7.98. The van der Waals surface area contributed by atoms with Gasteiger partial charge in [0.1, 0.15) is 0 Å². The third kappa shape index (κ3) is 5.55. The molecule has 1 aliphatic rings. The minimum Gasteiger partial charge on any atom is -0.336 e. The van der Waals surface area contributed by atoms with E-state index in [1.807, 2.05) is 59.5 Å². The van der Waals surface area contributed by atoms with E-state index in [4.69, 9.17) is 5.26 Å². The molecule has 156 valence electrons. The summed E-state index contributed by atoms with van der Waals surface area (Å²) in [5.74, 6) is 0.878. The van der Waals surface area contributed by atoms with Crippen molar-refractivity contribution in [1.82, 2.24) is 9.80 Å². The SMILES string of the molecule is N#Cc1ccc(CSc2ccccc2C(=O)N2CCN(Cc3ccccc3)CC2)cc1. The Hall–Kier alpha value is -3.07. The van der Waals surface area contributed by atoms with Gasteiger partial charge < -0.3 is 4.90 Å². The second-order valence-electron chi connectivity index (χ2n) is 7.65. The Morgan fingerprint density at radius 1 is 0.839 bits per heavy atom. The number of hydrogen-bond donors (Lipinski definition) is 0. The van der Waals surface area contributed by atoms with E-state index in [-0.39, 0.29) is 5.91 Å². The molecule has 0 saturated carbocycles. The third-order valence-corrected chi connectivity index (χ3v) is 6.65. The number of nitriles is 1. The van der Waals surface area contributed by atoms with Crippen LogP contribution in [0.5, 0.6) is 0 Å². The summed E-state index contributed by atoms with van der Waals surface area (Å²) in [7, 11) is 0. The molecule has 0 spiro atoms. The smallest absolute Gasteiger partial charge is 0.255 e. The van der Waals surface area contributed by atoms with E-state index >= 15 is 0 Å². The number of nitrogens with zero attached hydrogens (tertiary/aromatic N) is 3. The van der Waals surface area contributed by atoms with Crippen LogP contribution in [0.3, 0.4) is 0 Å². The Bertz CT molecular complexity index is 1050. The summed E-state index contributed by atoms with van der Waals surface area (Å²) in [6.45, 7) is 4.21. The summed E-state index contributed by atoms with van der Waals surface area (Å²) in [5, 5.41) is 8.95. The maximum Gasteiger partial charge on any atom is 0.255 e. The van der Waals surface area contributed by atoms with E-state index in [0.717, 1.165) is 54.5 Å². The molecular formula is C26H25N3OS. The number of hydrogen-bond acceptors (Lipinski definition) is 4. The molecule has 3 aromatic carbocycles. The zero-order chi connectivity index (χ0) is 21.5. The average Bonchev–Trinajstić information content (AvgIpc) is 2.84. The number of piperazine rings is 1. The molecule has 1 aliphatic heterocycles. The van der Waals surface area contributed by atoms with Crippen molar-refractivity contribution in [2.75, 3.05) is 26.2 Å². The van der Waals surface area contributed by atoms with Crippen molar-refractivity contribution < 1.29 is 4.79 Å². The van der Waals surface area contributed by atoms with E-state index < -0.39 is 0 Å². The predicted molar refractivity (Wildman–Crippen MR) is 125 cm³/mol. The van der Waals surface area contributed by atoms with Crippen molar-refractivity contribution >= 4 is 17.7 Å². The van der Waals surface area contributed by atoms with Crippen molar-refractivity contribution in [2.45, 2.75) is 17.2 Å². The molecule has 1 heterocycles. The molecule has 0 aliphatic carbocycles. The Balaban J connectivity index is 1.36. The van der Waals surface area contributed by atoms with Crippen molar-refractivity contribution in [3.8, 4) is 6.07 Å². The number of carbonyl (C=O) groups is 1. The fraction of sp³-hybridized carbons (Fsp3) is 0.231. The molecule has 1 fully saturated rings. The number of carbonyl (C=O) groups excluding carboxylic acids is 1. The molecular weight excluding hydrogens is 402 g/mol. The van der Waals surface area contributed by atoms with Gasteiger partial charge in [-0.25, -0.2) is 0 Å². The zero-order valence-corrected chi connectivity index (χ0v) is 18.2. The van der Waals surface area contributed by atoms with Crippen LogP contribution in [0.1, 0.15) is 27.0 Å². The van der Waals surface area contributed by atoms with E-state index in [9.17, 15) is 4.79 Å². The molecule has 0 unspecified atom stereocenters. The van der Waals surface area contributed by atoms with Gasteiger partial charge in [-0.3, -0.25) is 9.69 Å². The molecule has 0 atom stereocenters. The molecule has 4 rings (SSSR count). The minimum absolute atomic E-state index is 0.113. The van der Waals surface area contributed by atoms with E-state index in [0.29, 0.717) is 5.56 Å². The fourth-order valence-corrected chi connectivity index (χ4v) is 4.73. The Kier molecular flexibility index (Phi) is 7.03. The van der Waals surface area contributed by atoms with Gasteiger partial charge in [0, 0.05) is 43.4 Å². The molecule has 0 N–H and O–H groups in total. The Morgan fingerprint density at radius 3 is 2.23 bits per heavy atom. The highest BCUT2D eigenvalue weighted by atomic mass is 32.2. The van der Waals surface area contributed by atoms with Crippen LogP contribution in [0.25, 0.3) is 0 Å². The minimum atomic E-state index is 0.113. The number of amides is 1. The maximum atomic E-state index is 13.2. The van der Waals surface area contributed by atoms with E-state index in [2.05, 4.69) is 35.2 Å². The van der Waals surface area contributed by atoms with Crippen LogP contribution in [0.15, 0.2) is 83.8 Å². The molecule has 3 aromatic rings. The monoisotopic (exact) mass is 427 g/mol. The van der Waals surface area contributed by atoms with Crippen LogP contribution < -0.4 is 0 Å². The third-order valence-electron chi connectivity index (χ3n) is 5.50. The molecule has 1 saturated heterocycles. The van der Waals surface area contributed by atoms with Crippen LogP contribution >= 0.6 is 11.8 Å². The van der Waals surface area contributed by atoms with Crippen molar-refractivity contribution in [3.05, 3.63) is 101 Å². The number of rotatable bonds is 6. The normalized spacial score (nSPS) is 14.2. The van der Waals surface area contributed by atoms with Crippen molar-refractivity contribution in [2.24, 2.45) is 0 Å². The lowest BCUT2D eigenvalue weighted by molar-refractivity contribution is 0.0625. The van der Waals surface area contributed by atoms with E-state index in [1.165, 1.54) is 5.56 Å². The summed E-state index contributed by atoms with van der Waals surface area (Å²) in [6, 6.07) is 28.1. The first-order chi connectivity index (χ1) is 15.2. The second kappa shape index (κ2) is 10.3. The molecule has 1 amide bonds.